The molecular formula is C26H34O6. The monoisotopic (exact) mass is 442 g/mol. The van der Waals surface area contributed by atoms with E-state index in [1.54, 1.807) is 6.08 Å². The summed E-state index contributed by atoms with van der Waals surface area (Å²) in [5, 5.41) is 11.5. The molecule has 0 aromatic heterocycles. The lowest BCUT2D eigenvalue weighted by molar-refractivity contribution is -0.281. The van der Waals surface area contributed by atoms with Gasteiger partial charge in [0, 0.05) is 13.0 Å². The number of fused-ring (bicyclic) bond motifs is 1. The van der Waals surface area contributed by atoms with Crippen LogP contribution in [0.2, 0.25) is 0 Å². The minimum absolute atomic E-state index is 0.0193. The van der Waals surface area contributed by atoms with Gasteiger partial charge in [0.2, 0.25) is 0 Å². The predicted octanol–water partition coefficient (Wildman–Crippen LogP) is 3.91. The maximum atomic E-state index is 12.8. The average molecular weight is 443 g/mol. The molecule has 0 unspecified atom stereocenters. The second kappa shape index (κ2) is 7.99. The summed E-state index contributed by atoms with van der Waals surface area (Å²) in [5.74, 6) is -0.664. The Balaban J connectivity index is 1.66. The van der Waals surface area contributed by atoms with Gasteiger partial charge < -0.3 is 19.3 Å². The lowest BCUT2D eigenvalue weighted by Crippen LogP contribution is -2.70. The van der Waals surface area contributed by atoms with Gasteiger partial charge >= 0.3 is 11.9 Å². The Morgan fingerprint density at radius 3 is 2.47 bits per heavy atom. The first-order chi connectivity index (χ1) is 15.0. The molecule has 3 fully saturated rings. The summed E-state index contributed by atoms with van der Waals surface area (Å²) in [5.41, 5.74) is -1.07. The third-order valence-corrected chi connectivity index (χ3v) is 8.19. The molecule has 1 N–H and O–H groups in total. The first kappa shape index (κ1) is 23.0. The molecule has 2 saturated carbocycles. The largest absolute Gasteiger partial charge is 0.460 e. The number of aliphatic hydroxyl groups is 1. The van der Waals surface area contributed by atoms with Gasteiger partial charge in [0.25, 0.3) is 0 Å². The third kappa shape index (κ3) is 3.57. The molecule has 4 rings (SSSR count). The molecule has 7 atom stereocenters. The van der Waals surface area contributed by atoms with Crippen molar-refractivity contribution in [2.24, 2.45) is 17.3 Å². The summed E-state index contributed by atoms with van der Waals surface area (Å²) in [7, 11) is 0. The molecule has 1 aromatic carbocycles. The van der Waals surface area contributed by atoms with Crippen LogP contribution in [-0.4, -0.2) is 46.6 Å². The maximum Gasteiger partial charge on any atom is 0.331 e. The Morgan fingerprint density at radius 1 is 1.12 bits per heavy atom. The van der Waals surface area contributed by atoms with E-state index in [0.29, 0.717) is 12.8 Å². The molecule has 1 aromatic rings. The van der Waals surface area contributed by atoms with Crippen LogP contribution in [0.25, 0.3) is 6.08 Å². The lowest BCUT2D eigenvalue weighted by atomic mass is 9.49. The number of esters is 2. The third-order valence-electron chi connectivity index (χ3n) is 8.19. The molecule has 1 heterocycles. The van der Waals surface area contributed by atoms with Crippen LogP contribution in [0.1, 0.15) is 59.4 Å². The molecule has 2 aliphatic carbocycles. The lowest BCUT2D eigenvalue weighted by Gasteiger charge is -2.60. The summed E-state index contributed by atoms with van der Waals surface area (Å²) in [6, 6.07) is 9.55. The molecule has 3 aliphatic rings. The quantitative estimate of drug-likeness (QED) is 0.562. The van der Waals surface area contributed by atoms with E-state index in [-0.39, 0.29) is 11.8 Å². The van der Waals surface area contributed by atoms with Crippen molar-refractivity contribution < 1.29 is 28.9 Å². The van der Waals surface area contributed by atoms with Crippen molar-refractivity contribution in [3.63, 3.8) is 0 Å². The number of hydrogen-bond acceptors (Lipinski definition) is 6. The van der Waals surface area contributed by atoms with Crippen molar-refractivity contribution in [2.75, 3.05) is 0 Å². The highest BCUT2D eigenvalue weighted by molar-refractivity contribution is 5.87. The van der Waals surface area contributed by atoms with Gasteiger partial charge in [-0.2, -0.15) is 0 Å². The highest BCUT2D eigenvalue weighted by Gasteiger charge is 2.74. The van der Waals surface area contributed by atoms with Crippen LogP contribution in [0.15, 0.2) is 36.4 Å². The van der Waals surface area contributed by atoms with Crippen molar-refractivity contribution in [1.29, 1.82) is 0 Å². The Kier molecular flexibility index (Phi) is 5.74. The topological polar surface area (TPSA) is 82.1 Å². The Labute approximate surface area is 189 Å². The molecule has 6 heteroatoms. The van der Waals surface area contributed by atoms with Crippen LogP contribution in [0.3, 0.4) is 0 Å². The zero-order valence-electron chi connectivity index (χ0n) is 19.5. The molecule has 2 bridgehead atoms. The number of hydrogen-bond donors (Lipinski definition) is 1. The van der Waals surface area contributed by atoms with Gasteiger partial charge in [-0.15, -0.1) is 0 Å². The molecule has 6 nitrogen and oxygen atoms in total. The van der Waals surface area contributed by atoms with Crippen molar-refractivity contribution in [2.45, 2.75) is 83.4 Å². The van der Waals surface area contributed by atoms with Gasteiger partial charge in [0.1, 0.15) is 18.3 Å². The number of carbonyl (C=O) groups excluding carboxylic acids is 2. The summed E-state index contributed by atoms with van der Waals surface area (Å²) in [6.45, 7) is 9.51. The van der Waals surface area contributed by atoms with E-state index in [4.69, 9.17) is 14.2 Å². The van der Waals surface area contributed by atoms with Crippen LogP contribution >= 0.6 is 0 Å². The molecule has 0 radical (unpaired) electrons. The average Bonchev–Trinajstić information content (AvgIpc) is 2.97. The number of aliphatic hydroxyl groups excluding tert-OH is 1. The first-order valence-corrected chi connectivity index (χ1v) is 11.5. The van der Waals surface area contributed by atoms with E-state index in [9.17, 15) is 14.7 Å². The number of ether oxygens (including phenoxy) is 3. The molecule has 0 amide bonds. The summed E-state index contributed by atoms with van der Waals surface area (Å²) >= 11 is 0. The van der Waals surface area contributed by atoms with E-state index in [2.05, 4.69) is 20.8 Å². The van der Waals surface area contributed by atoms with Gasteiger partial charge in [-0.1, -0.05) is 44.2 Å². The number of rotatable bonds is 4. The predicted molar refractivity (Wildman–Crippen MR) is 119 cm³/mol. The van der Waals surface area contributed by atoms with E-state index in [1.165, 1.54) is 13.0 Å². The summed E-state index contributed by atoms with van der Waals surface area (Å²) in [6.07, 6.45) is 2.80. The van der Waals surface area contributed by atoms with Crippen LogP contribution in [0, 0.1) is 17.3 Å². The van der Waals surface area contributed by atoms with Crippen LogP contribution in [0.5, 0.6) is 0 Å². The standard InChI is InChI=1S/C26H34O6/c1-16-13-20(30-17(2)27)23(29)25(5)21(14-19-15-26(16,25)32-24(19,3)4)31-22(28)12-11-18-9-7-6-8-10-18/h6-12,16,19-21,23,29H,13-15H2,1-5H3/b12-11+/t16-,19-,20+,21+,23+,25-,26+/m1/s1. The molecule has 32 heavy (non-hydrogen) atoms. The fraction of sp³-hybridized carbons (Fsp3) is 0.615. The fourth-order valence-corrected chi connectivity index (χ4v) is 6.41. The van der Waals surface area contributed by atoms with Crippen molar-refractivity contribution in [1.82, 2.24) is 0 Å². The number of benzene rings is 1. The fourth-order valence-electron chi connectivity index (χ4n) is 6.41. The van der Waals surface area contributed by atoms with Crippen LogP contribution in [-0.2, 0) is 23.8 Å². The molecule has 174 valence electrons. The molecular weight excluding hydrogens is 408 g/mol. The van der Waals surface area contributed by atoms with E-state index < -0.39 is 46.9 Å². The normalized spacial score (nSPS) is 40.0. The van der Waals surface area contributed by atoms with Gasteiger partial charge in [0.05, 0.1) is 16.6 Å². The second-order valence-corrected chi connectivity index (χ2v) is 10.4. The van der Waals surface area contributed by atoms with Crippen molar-refractivity contribution in [3.05, 3.63) is 42.0 Å². The molecule has 1 saturated heterocycles. The van der Waals surface area contributed by atoms with E-state index in [1.807, 2.05) is 37.3 Å². The first-order valence-electron chi connectivity index (χ1n) is 11.5. The summed E-state index contributed by atoms with van der Waals surface area (Å²) < 4.78 is 18.3. The SMILES string of the molecule is CC(=O)O[C@H]1C[C@@H](C)[C@@]23C[C@@H](C[C@H](OC(=O)/C=C/c4ccccc4)[C@]2(C)[C@H]1O)C(C)(C)O3. The maximum absolute atomic E-state index is 12.8. The Morgan fingerprint density at radius 2 is 1.81 bits per heavy atom. The second-order valence-electron chi connectivity index (χ2n) is 10.4. The minimum Gasteiger partial charge on any atom is -0.460 e. The zero-order chi connectivity index (χ0) is 23.3. The van der Waals surface area contributed by atoms with Gasteiger partial charge in [-0.3, -0.25) is 4.79 Å². The van der Waals surface area contributed by atoms with Crippen LogP contribution in [0.4, 0.5) is 0 Å². The highest BCUT2D eigenvalue weighted by atomic mass is 16.6. The zero-order valence-corrected chi connectivity index (χ0v) is 19.5. The van der Waals surface area contributed by atoms with Crippen molar-refractivity contribution >= 4 is 18.0 Å². The Bertz CT molecular complexity index is 908. The summed E-state index contributed by atoms with van der Waals surface area (Å²) in [4.78, 5) is 24.5. The van der Waals surface area contributed by atoms with Gasteiger partial charge in [-0.05, 0) is 56.6 Å². The van der Waals surface area contributed by atoms with E-state index in [0.717, 1.165) is 12.0 Å². The highest BCUT2D eigenvalue weighted by Crippen LogP contribution is 2.66. The Hall–Kier alpha value is -2.18. The molecule has 1 spiro atoms. The van der Waals surface area contributed by atoms with Crippen molar-refractivity contribution in [3.8, 4) is 0 Å². The van der Waals surface area contributed by atoms with Crippen LogP contribution < -0.4 is 0 Å². The smallest absolute Gasteiger partial charge is 0.331 e. The molecule has 1 aliphatic heterocycles. The van der Waals surface area contributed by atoms with Gasteiger partial charge in [-0.25, -0.2) is 4.79 Å². The number of carbonyl (C=O) groups is 2. The minimum atomic E-state index is -1.01. The van der Waals surface area contributed by atoms with Gasteiger partial charge in [0.15, 0.2) is 0 Å². The van der Waals surface area contributed by atoms with E-state index >= 15 is 0 Å².